The van der Waals surface area contributed by atoms with Gasteiger partial charge in [-0.05, 0) is 47.4 Å². The number of methoxy groups -OCH3 is 1. The number of ether oxygens (including phenoxy) is 1. The first kappa shape index (κ1) is 12.9. The van der Waals surface area contributed by atoms with E-state index in [0.717, 1.165) is 30.3 Å². The fourth-order valence-corrected chi connectivity index (χ4v) is 2.35. The van der Waals surface area contributed by atoms with E-state index in [0.29, 0.717) is 11.4 Å². The Kier molecular flexibility index (Phi) is 3.54. The van der Waals surface area contributed by atoms with Gasteiger partial charge in [0.2, 0.25) is 0 Å². The van der Waals surface area contributed by atoms with Crippen molar-refractivity contribution in [3.05, 3.63) is 18.2 Å². The van der Waals surface area contributed by atoms with E-state index < -0.39 is 0 Å². The zero-order chi connectivity index (χ0) is 13.9. The molecule has 1 saturated carbocycles. The first-order valence-corrected chi connectivity index (χ1v) is 6.98. The van der Waals surface area contributed by atoms with Crippen LogP contribution in [-0.4, -0.2) is 27.3 Å². The minimum atomic E-state index is 0.615. The van der Waals surface area contributed by atoms with E-state index in [9.17, 15) is 0 Å². The maximum Gasteiger partial charge on any atom is 0.182 e. The van der Waals surface area contributed by atoms with Crippen LogP contribution >= 0.6 is 0 Å². The molecule has 2 N–H and O–H groups in total. The summed E-state index contributed by atoms with van der Waals surface area (Å²) in [6.07, 6.45) is 5.16. The molecular weight excluding hydrogens is 254 g/mol. The molecule has 0 radical (unpaired) electrons. The Morgan fingerprint density at radius 1 is 1.40 bits per heavy atom. The second-order valence-corrected chi connectivity index (χ2v) is 5.27. The zero-order valence-electron chi connectivity index (χ0n) is 11.6. The number of nitrogens with two attached hydrogens (primary N) is 1. The van der Waals surface area contributed by atoms with Crippen LogP contribution in [0.4, 0.5) is 5.69 Å². The lowest BCUT2D eigenvalue weighted by Gasteiger charge is -2.08. The standard InChI is InChI=1S/C14H19N5O/c1-20-13-9-11(6-7-12(13)15)14-16-17-18-19(14)8-2-3-10-4-5-10/h6-7,9-10H,2-5,8,15H2,1H3. The average molecular weight is 273 g/mol. The normalized spacial score (nSPS) is 14.4. The third kappa shape index (κ3) is 2.74. The Labute approximate surface area is 117 Å². The molecule has 1 aliphatic rings. The Bertz CT molecular complexity index is 591. The van der Waals surface area contributed by atoms with Gasteiger partial charge < -0.3 is 10.5 Å². The van der Waals surface area contributed by atoms with Crippen molar-refractivity contribution in [3.8, 4) is 17.1 Å². The van der Waals surface area contributed by atoms with E-state index in [-0.39, 0.29) is 0 Å². The maximum atomic E-state index is 5.83. The van der Waals surface area contributed by atoms with Gasteiger partial charge in [-0.15, -0.1) is 5.10 Å². The first-order valence-electron chi connectivity index (χ1n) is 6.98. The minimum Gasteiger partial charge on any atom is -0.495 e. The smallest absolute Gasteiger partial charge is 0.182 e. The predicted molar refractivity (Wildman–Crippen MR) is 76.2 cm³/mol. The number of hydrogen-bond donors (Lipinski definition) is 1. The lowest BCUT2D eigenvalue weighted by molar-refractivity contribution is 0.417. The van der Waals surface area contributed by atoms with E-state index >= 15 is 0 Å². The van der Waals surface area contributed by atoms with Gasteiger partial charge in [0, 0.05) is 12.1 Å². The fourth-order valence-electron chi connectivity index (χ4n) is 2.35. The largest absolute Gasteiger partial charge is 0.495 e. The highest BCUT2D eigenvalue weighted by Gasteiger charge is 2.20. The number of rotatable bonds is 6. The molecule has 1 fully saturated rings. The second-order valence-electron chi connectivity index (χ2n) is 5.27. The molecule has 0 bridgehead atoms. The molecule has 1 aromatic carbocycles. The molecule has 1 heterocycles. The Morgan fingerprint density at radius 3 is 3.00 bits per heavy atom. The lowest BCUT2D eigenvalue weighted by atomic mass is 10.1. The van der Waals surface area contributed by atoms with Crippen molar-refractivity contribution in [2.45, 2.75) is 32.2 Å². The van der Waals surface area contributed by atoms with Crippen LogP contribution in [-0.2, 0) is 6.54 Å². The number of nitrogens with zero attached hydrogens (tertiary/aromatic N) is 4. The van der Waals surface area contributed by atoms with Crippen LogP contribution in [0.15, 0.2) is 18.2 Å². The van der Waals surface area contributed by atoms with Crippen LogP contribution in [0.25, 0.3) is 11.4 Å². The van der Waals surface area contributed by atoms with Gasteiger partial charge in [-0.25, -0.2) is 4.68 Å². The average Bonchev–Trinajstić information content (AvgIpc) is 3.16. The van der Waals surface area contributed by atoms with Crippen LogP contribution in [0.3, 0.4) is 0 Å². The van der Waals surface area contributed by atoms with Crippen molar-refractivity contribution in [1.29, 1.82) is 0 Å². The summed E-state index contributed by atoms with van der Waals surface area (Å²) in [5.74, 6) is 2.35. The van der Waals surface area contributed by atoms with E-state index in [2.05, 4.69) is 15.5 Å². The number of hydrogen-bond acceptors (Lipinski definition) is 5. The quantitative estimate of drug-likeness (QED) is 0.815. The van der Waals surface area contributed by atoms with E-state index in [1.54, 1.807) is 7.11 Å². The van der Waals surface area contributed by atoms with Crippen molar-refractivity contribution in [2.24, 2.45) is 5.92 Å². The molecule has 1 aliphatic carbocycles. The third-order valence-electron chi connectivity index (χ3n) is 3.70. The van der Waals surface area contributed by atoms with E-state index in [4.69, 9.17) is 10.5 Å². The second kappa shape index (κ2) is 5.48. The Balaban J connectivity index is 1.77. The highest BCUT2D eigenvalue weighted by molar-refractivity contribution is 5.65. The Morgan fingerprint density at radius 2 is 2.25 bits per heavy atom. The number of benzene rings is 1. The van der Waals surface area contributed by atoms with Crippen molar-refractivity contribution in [1.82, 2.24) is 20.2 Å². The zero-order valence-corrected chi connectivity index (χ0v) is 11.6. The molecule has 0 aliphatic heterocycles. The minimum absolute atomic E-state index is 0.615. The van der Waals surface area contributed by atoms with Gasteiger partial charge in [-0.2, -0.15) is 0 Å². The SMILES string of the molecule is COc1cc(-c2nnnn2CCCC2CC2)ccc1N. The van der Waals surface area contributed by atoms with Gasteiger partial charge in [0.25, 0.3) is 0 Å². The summed E-state index contributed by atoms with van der Waals surface area (Å²) in [4.78, 5) is 0. The molecule has 20 heavy (non-hydrogen) atoms. The summed E-state index contributed by atoms with van der Waals surface area (Å²) < 4.78 is 7.10. The summed E-state index contributed by atoms with van der Waals surface area (Å²) in [7, 11) is 1.61. The molecule has 0 atom stereocenters. The first-order chi connectivity index (χ1) is 9.78. The number of tetrazole rings is 1. The monoisotopic (exact) mass is 273 g/mol. The fraction of sp³-hybridized carbons (Fsp3) is 0.500. The van der Waals surface area contributed by atoms with Gasteiger partial charge in [0.1, 0.15) is 5.75 Å². The lowest BCUT2D eigenvalue weighted by Crippen LogP contribution is -2.04. The molecule has 6 heteroatoms. The van der Waals surface area contributed by atoms with Crippen molar-refractivity contribution < 1.29 is 4.74 Å². The molecule has 6 nitrogen and oxygen atoms in total. The van der Waals surface area contributed by atoms with Crippen LogP contribution < -0.4 is 10.5 Å². The number of aromatic nitrogens is 4. The molecule has 106 valence electrons. The molecule has 0 spiro atoms. The van der Waals surface area contributed by atoms with Crippen LogP contribution in [0.1, 0.15) is 25.7 Å². The summed E-state index contributed by atoms with van der Waals surface area (Å²) in [5.41, 5.74) is 7.37. The molecule has 0 unspecified atom stereocenters. The molecule has 0 saturated heterocycles. The number of aryl methyl sites for hydroxylation is 1. The summed E-state index contributed by atoms with van der Waals surface area (Å²) in [6, 6.07) is 5.61. The van der Waals surface area contributed by atoms with Crippen LogP contribution in [0.5, 0.6) is 5.75 Å². The summed E-state index contributed by atoms with van der Waals surface area (Å²) in [5, 5.41) is 12.0. The van der Waals surface area contributed by atoms with Crippen molar-refractivity contribution in [3.63, 3.8) is 0 Å². The van der Waals surface area contributed by atoms with Gasteiger partial charge in [-0.1, -0.05) is 12.8 Å². The molecule has 3 rings (SSSR count). The van der Waals surface area contributed by atoms with Gasteiger partial charge in [0.05, 0.1) is 12.8 Å². The van der Waals surface area contributed by atoms with Gasteiger partial charge in [-0.3, -0.25) is 0 Å². The Hall–Kier alpha value is -2.11. The van der Waals surface area contributed by atoms with E-state index in [1.807, 2.05) is 22.9 Å². The maximum absolute atomic E-state index is 5.83. The van der Waals surface area contributed by atoms with Crippen molar-refractivity contribution >= 4 is 5.69 Å². The molecular formula is C14H19N5O. The number of anilines is 1. The van der Waals surface area contributed by atoms with Gasteiger partial charge >= 0.3 is 0 Å². The highest BCUT2D eigenvalue weighted by atomic mass is 16.5. The van der Waals surface area contributed by atoms with E-state index in [1.165, 1.54) is 19.3 Å². The molecule has 2 aromatic rings. The summed E-state index contributed by atoms with van der Waals surface area (Å²) in [6.45, 7) is 0.853. The molecule has 1 aromatic heterocycles. The van der Waals surface area contributed by atoms with Gasteiger partial charge in [0.15, 0.2) is 5.82 Å². The van der Waals surface area contributed by atoms with Crippen LogP contribution in [0, 0.1) is 5.92 Å². The molecule has 0 amide bonds. The highest BCUT2D eigenvalue weighted by Crippen LogP contribution is 2.33. The predicted octanol–water partition coefficient (Wildman–Crippen LogP) is 2.12. The van der Waals surface area contributed by atoms with Crippen molar-refractivity contribution in [2.75, 3.05) is 12.8 Å². The third-order valence-corrected chi connectivity index (χ3v) is 3.70. The van der Waals surface area contributed by atoms with Crippen LogP contribution in [0.2, 0.25) is 0 Å². The summed E-state index contributed by atoms with van der Waals surface area (Å²) >= 11 is 0. The number of nitrogen functional groups attached to an aromatic ring is 1. The topological polar surface area (TPSA) is 78.9 Å².